The third-order valence-electron chi connectivity index (χ3n) is 4.27. The lowest BCUT2D eigenvalue weighted by Gasteiger charge is -2.34. The number of hydrogen-bond acceptors (Lipinski definition) is 7. The largest absolute Gasteiger partial charge is 0.369 e. The highest BCUT2D eigenvalue weighted by atomic mass is 32.2. The lowest BCUT2D eigenvalue weighted by molar-refractivity contribution is 0.0996. The highest BCUT2D eigenvalue weighted by Gasteiger charge is 2.24. The Morgan fingerprint density at radius 1 is 1.20 bits per heavy atom. The summed E-state index contributed by atoms with van der Waals surface area (Å²) in [6, 6.07) is 5.10. The van der Waals surface area contributed by atoms with Gasteiger partial charge in [0.05, 0.1) is 4.90 Å². The van der Waals surface area contributed by atoms with Crippen molar-refractivity contribution in [2.45, 2.75) is 4.90 Å². The van der Waals surface area contributed by atoms with Crippen molar-refractivity contribution in [1.29, 1.82) is 0 Å². The normalized spacial score (nSPS) is 16.2. The number of amides is 1. The second kappa shape index (κ2) is 6.45. The average Bonchev–Trinajstić information content (AvgIpc) is 3.04. The molecule has 10 heteroatoms. The number of aromatic nitrogens is 3. The molecule has 1 fully saturated rings. The quantitative estimate of drug-likeness (QED) is 0.764. The van der Waals surface area contributed by atoms with Crippen LogP contribution in [0.1, 0.15) is 10.5 Å². The first-order valence-corrected chi connectivity index (χ1v) is 9.65. The summed E-state index contributed by atoms with van der Waals surface area (Å²) in [5.74, 6) is -0.772. The van der Waals surface area contributed by atoms with Crippen molar-refractivity contribution in [3.8, 4) is 11.3 Å². The van der Waals surface area contributed by atoms with Gasteiger partial charge in [-0.15, -0.1) is 0 Å². The number of primary amides is 1. The Kier molecular flexibility index (Phi) is 4.48. The van der Waals surface area contributed by atoms with Gasteiger partial charge in [-0.1, -0.05) is 0 Å². The second-order valence-electron chi connectivity index (χ2n) is 6.13. The van der Waals surface area contributed by atoms with Gasteiger partial charge in [0.1, 0.15) is 5.69 Å². The Morgan fingerprint density at radius 2 is 1.88 bits per heavy atom. The number of hydrogen-bond donors (Lipinski definition) is 2. The maximum absolute atomic E-state index is 12.3. The number of piperazine rings is 1. The first-order valence-electron chi connectivity index (χ1n) is 7.76. The Bertz CT molecular complexity index is 900. The first kappa shape index (κ1) is 17.4. The van der Waals surface area contributed by atoms with Crippen LogP contribution in [0.3, 0.4) is 0 Å². The Hall–Kier alpha value is -2.46. The number of nitrogens with one attached hydrogen (secondary N) is 1. The molecule has 0 atom stereocenters. The summed E-state index contributed by atoms with van der Waals surface area (Å²) in [6.45, 7) is 3.45. The molecule has 2 heterocycles. The molecule has 0 spiro atoms. The number of nitrogens with zero attached hydrogens (tertiary/aromatic N) is 4. The minimum Gasteiger partial charge on any atom is -0.369 e. The van der Waals surface area contributed by atoms with E-state index >= 15 is 0 Å². The fourth-order valence-electron chi connectivity index (χ4n) is 2.87. The van der Waals surface area contributed by atoms with E-state index in [1.54, 1.807) is 12.1 Å². The van der Waals surface area contributed by atoms with Crippen LogP contribution in [0.5, 0.6) is 0 Å². The van der Waals surface area contributed by atoms with Gasteiger partial charge in [0.15, 0.2) is 15.5 Å². The van der Waals surface area contributed by atoms with E-state index in [1.807, 2.05) is 6.07 Å². The van der Waals surface area contributed by atoms with Gasteiger partial charge < -0.3 is 15.5 Å². The van der Waals surface area contributed by atoms with Crippen molar-refractivity contribution in [2.75, 3.05) is 44.4 Å². The molecule has 1 aromatic heterocycles. The fraction of sp³-hybridized carbons (Fsp3) is 0.400. The molecule has 3 N–H and O–H groups in total. The molecule has 1 amide bonds. The van der Waals surface area contributed by atoms with Gasteiger partial charge in [0.2, 0.25) is 0 Å². The van der Waals surface area contributed by atoms with Crippen LogP contribution in [0.2, 0.25) is 0 Å². The van der Waals surface area contributed by atoms with Crippen LogP contribution in [0.15, 0.2) is 23.1 Å². The number of H-pyrrole nitrogens is 1. The molecule has 0 aliphatic carbocycles. The predicted molar refractivity (Wildman–Crippen MR) is 93.2 cm³/mol. The molecule has 0 saturated carbocycles. The van der Waals surface area contributed by atoms with Gasteiger partial charge in [-0.25, -0.2) is 8.42 Å². The maximum atomic E-state index is 12.3. The molecule has 1 aliphatic heterocycles. The van der Waals surface area contributed by atoms with Gasteiger partial charge in [0.25, 0.3) is 5.91 Å². The lowest BCUT2D eigenvalue weighted by Crippen LogP contribution is -2.44. The van der Waals surface area contributed by atoms with E-state index in [9.17, 15) is 13.2 Å². The van der Waals surface area contributed by atoms with Crippen LogP contribution in [0.25, 0.3) is 11.3 Å². The third-order valence-corrected chi connectivity index (χ3v) is 5.41. The molecule has 0 radical (unpaired) electrons. The van der Waals surface area contributed by atoms with Gasteiger partial charge in [-0.3, -0.25) is 4.79 Å². The van der Waals surface area contributed by atoms with E-state index in [1.165, 1.54) is 0 Å². The Balaban J connectivity index is 2.08. The van der Waals surface area contributed by atoms with Gasteiger partial charge in [-0.05, 0) is 25.2 Å². The van der Waals surface area contributed by atoms with Crippen molar-refractivity contribution >= 4 is 21.4 Å². The molecule has 1 saturated heterocycles. The van der Waals surface area contributed by atoms with E-state index in [0.29, 0.717) is 5.56 Å². The number of anilines is 1. The summed E-state index contributed by atoms with van der Waals surface area (Å²) >= 11 is 0. The minimum absolute atomic E-state index is 0.0859. The number of nitrogens with two attached hydrogens (primary N) is 1. The minimum atomic E-state index is -3.54. The molecule has 134 valence electrons. The monoisotopic (exact) mass is 364 g/mol. The van der Waals surface area contributed by atoms with E-state index in [4.69, 9.17) is 5.73 Å². The molecule has 0 bridgehead atoms. The highest BCUT2D eigenvalue weighted by Crippen LogP contribution is 2.31. The van der Waals surface area contributed by atoms with Gasteiger partial charge in [-0.2, -0.15) is 15.4 Å². The second-order valence-corrected chi connectivity index (χ2v) is 8.11. The number of benzene rings is 1. The van der Waals surface area contributed by atoms with Gasteiger partial charge >= 0.3 is 0 Å². The van der Waals surface area contributed by atoms with Crippen molar-refractivity contribution in [3.05, 3.63) is 23.9 Å². The summed E-state index contributed by atoms with van der Waals surface area (Å²) in [6.07, 6.45) is 1.13. The summed E-state index contributed by atoms with van der Waals surface area (Å²) in [4.78, 5) is 16.0. The van der Waals surface area contributed by atoms with Crippen LogP contribution in [-0.2, 0) is 9.84 Å². The summed E-state index contributed by atoms with van der Waals surface area (Å²) in [5, 5.41) is 9.95. The SMILES string of the molecule is CN1CCN(c2ccc(-c3n[nH]nc3C(N)=O)c(S(C)(=O)=O)c2)CC1. The van der Waals surface area contributed by atoms with Crippen LogP contribution < -0.4 is 10.6 Å². The molecule has 25 heavy (non-hydrogen) atoms. The zero-order valence-corrected chi connectivity index (χ0v) is 14.9. The first-order chi connectivity index (χ1) is 11.8. The fourth-order valence-corrected chi connectivity index (χ4v) is 3.76. The molecular formula is C15H20N6O3S. The van der Waals surface area contributed by atoms with E-state index < -0.39 is 15.7 Å². The number of likely N-dealkylation sites (N-methyl/N-ethyl adjacent to an activating group) is 1. The number of aromatic amines is 1. The van der Waals surface area contributed by atoms with Crippen molar-refractivity contribution < 1.29 is 13.2 Å². The van der Waals surface area contributed by atoms with Crippen LogP contribution in [0, 0.1) is 0 Å². The van der Waals surface area contributed by atoms with E-state index in [0.717, 1.165) is 38.1 Å². The molecule has 1 aliphatic rings. The summed E-state index contributed by atoms with van der Waals surface area (Å²) in [5.41, 5.74) is 6.47. The number of carbonyl (C=O) groups excluding carboxylic acids is 1. The van der Waals surface area contributed by atoms with Crippen molar-refractivity contribution in [2.24, 2.45) is 5.73 Å². The lowest BCUT2D eigenvalue weighted by atomic mass is 10.1. The predicted octanol–water partition coefficient (Wildman–Crippen LogP) is -0.274. The summed E-state index contributed by atoms with van der Waals surface area (Å²) in [7, 11) is -1.49. The topological polar surface area (TPSA) is 125 Å². The molecule has 9 nitrogen and oxygen atoms in total. The van der Waals surface area contributed by atoms with Gasteiger partial charge in [0, 0.05) is 43.7 Å². The zero-order chi connectivity index (χ0) is 18.2. The van der Waals surface area contributed by atoms with Crippen molar-refractivity contribution in [3.63, 3.8) is 0 Å². The van der Waals surface area contributed by atoms with E-state index in [-0.39, 0.29) is 16.3 Å². The molecule has 2 aromatic rings. The zero-order valence-electron chi connectivity index (χ0n) is 14.1. The van der Waals surface area contributed by atoms with Crippen LogP contribution in [0.4, 0.5) is 5.69 Å². The standard InChI is InChI=1S/C15H20N6O3S/c1-20-5-7-21(8-6-20)10-3-4-11(12(9-10)25(2,23)24)13-14(15(16)22)18-19-17-13/h3-4,9H,5-8H2,1-2H3,(H2,16,22)(H,17,18,19). The Labute approximate surface area is 145 Å². The number of rotatable bonds is 4. The molecular weight excluding hydrogens is 344 g/mol. The van der Waals surface area contributed by atoms with Crippen molar-refractivity contribution in [1.82, 2.24) is 20.3 Å². The molecule has 0 unspecified atom stereocenters. The number of carbonyl (C=O) groups is 1. The van der Waals surface area contributed by atoms with E-state index in [2.05, 4.69) is 32.3 Å². The Morgan fingerprint density at radius 3 is 2.48 bits per heavy atom. The highest BCUT2D eigenvalue weighted by molar-refractivity contribution is 7.90. The molecule has 1 aromatic carbocycles. The van der Waals surface area contributed by atoms with Crippen LogP contribution >= 0.6 is 0 Å². The third kappa shape index (κ3) is 3.49. The smallest absolute Gasteiger partial charge is 0.271 e. The summed E-state index contributed by atoms with van der Waals surface area (Å²) < 4.78 is 24.6. The average molecular weight is 364 g/mol. The molecule has 3 rings (SSSR count). The number of sulfone groups is 1. The maximum Gasteiger partial charge on any atom is 0.271 e. The van der Waals surface area contributed by atoms with Crippen LogP contribution in [-0.4, -0.2) is 74.1 Å².